The zero-order valence-corrected chi connectivity index (χ0v) is 38.1. The third kappa shape index (κ3) is 5.91. The first-order chi connectivity index (χ1) is 32.0. The fraction of sp³-hybridized carbons (Fsp3) is 0.333. The van der Waals surface area contributed by atoms with E-state index in [0.29, 0.717) is 17.8 Å². The van der Waals surface area contributed by atoms with E-state index in [9.17, 15) is 37.5 Å². The van der Waals surface area contributed by atoms with Crippen LogP contribution in [0.15, 0.2) is 129 Å². The molecule has 4 aromatic carbocycles. The average molecular weight is 956 g/mol. The van der Waals surface area contributed by atoms with Gasteiger partial charge in [-0.15, -0.1) is 23.5 Å². The molecule has 4 amide bonds. The largest absolute Gasteiger partial charge is 0.307 e. The van der Waals surface area contributed by atoms with E-state index in [1.54, 1.807) is 35.7 Å². The van der Waals surface area contributed by atoms with Crippen LogP contribution in [0.4, 0.5) is 20.2 Å². The molecule has 6 fully saturated rings. The third-order valence-corrected chi connectivity index (χ3v) is 21.5. The molecule has 0 radical (unpaired) electrons. The molecule has 0 unspecified atom stereocenters. The summed E-state index contributed by atoms with van der Waals surface area (Å²) in [5, 5.41) is 1.34. The van der Waals surface area contributed by atoms with Gasteiger partial charge in [0, 0.05) is 43.4 Å². The summed E-state index contributed by atoms with van der Waals surface area (Å²) in [5.41, 5.74) is 3.25. The number of allylic oxidation sites excluding steroid dienone is 2. The van der Waals surface area contributed by atoms with E-state index < -0.39 is 0 Å². The number of para-hydroxylation sites is 2. The lowest BCUT2D eigenvalue weighted by Gasteiger charge is -2.44. The number of rotatable bonds is 4. The van der Waals surface area contributed by atoms with E-state index in [1.165, 1.54) is 57.2 Å². The van der Waals surface area contributed by atoms with Crippen LogP contribution < -0.4 is 14.7 Å². The zero-order chi connectivity index (χ0) is 44.9. The second-order valence-electron chi connectivity index (χ2n) is 18.9. The van der Waals surface area contributed by atoms with Crippen LogP contribution in [0.3, 0.4) is 0 Å². The summed E-state index contributed by atoms with van der Waals surface area (Å²) in [4.78, 5) is 87.7. The van der Waals surface area contributed by atoms with Gasteiger partial charge >= 0.3 is 4.87 Å². The monoisotopic (exact) mass is 955 g/mol. The molecule has 5 aliphatic heterocycles. The van der Waals surface area contributed by atoms with Crippen LogP contribution in [-0.4, -0.2) is 44.2 Å². The maximum Gasteiger partial charge on any atom is 0.305 e. The highest BCUT2D eigenvalue weighted by atomic mass is 32.2. The number of imide groups is 2. The summed E-state index contributed by atoms with van der Waals surface area (Å²) >= 11 is 5.96. The van der Waals surface area contributed by atoms with Gasteiger partial charge in [-0.2, -0.15) is 0 Å². The maximum absolute atomic E-state index is 13.7. The van der Waals surface area contributed by atoms with Gasteiger partial charge in [0.2, 0.25) is 23.6 Å². The van der Waals surface area contributed by atoms with Crippen molar-refractivity contribution in [3.05, 3.63) is 156 Å². The molecule has 14 atom stereocenters. The Morgan fingerprint density at radius 2 is 0.985 bits per heavy atom. The Labute approximate surface area is 394 Å². The fourth-order valence-electron chi connectivity index (χ4n) is 14.0. The molecule has 5 aromatic rings. The van der Waals surface area contributed by atoms with E-state index in [4.69, 9.17) is 0 Å². The first-order valence-corrected chi connectivity index (χ1v) is 25.8. The molecule has 14 rings (SSSR count). The second-order valence-corrected chi connectivity index (χ2v) is 23.5. The van der Waals surface area contributed by atoms with Crippen molar-refractivity contribution >= 4 is 86.7 Å². The van der Waals surface area contributed by atoms with Crippen molar-refractivity contribution in [2.45, 2.75) is 46.6 Å². The van der Waals surface area contributed by atoms with E-state index in [-0.39, 0.29) is 127 Å². The minimum atomic E-state index is -0.329. The van der Waals surface area contributed by atoms with Gasteiger partial charge < -0.3 is 4.98 Å². The van der Waals surface area contributed by atoms with Crippen LogP contribution in [-0.2, 0) is 24.0 Å². The maximum atomic E-state index is 13.7. The average Bonchev–Trinajstić information content (AvgIpc) is 4.21. The Bertz CT molecular complexity index is 3000. The number of hydrogen-bond acceptors (Lipinski definition) is 10. The predicted octanol–water partition coefficient (Wildman–Crippen LogP) is 9.22. The summed E-state index contributed by atoms with van der Waals surface area (Å²) in [6.07, 6.45) is 2.14. The molecule has 4 bridgehead atoms. The van der Waals surface area contributed by atoms with Crippen molar-refractivity contribution in [3.8, 4) is 0 Å². The van der Waals surface area contributed by atoms with Crippen molar-refractivity contribution in [2.24, 2.45) is 59.2 Å². The Morgan fingerprint density at radius 3 is 1.50 bits per heavy atom. The van der Waals surface area contributed by atoms with Crippen molar-refractivity contribution in [1.82, 2.24) is 4.98 Å². The highest BCUT2D eigenvalue weighted by Gasteiger charge is 2.71. The van der Waals surface area contributed by atoms with Crippen molar-refractivity contribution < 1.29 is 32.8 Å². The standard InChI is InChI=1S/C26H20FNO3S2.C25H19FN2O3S2/c27-13-8-6-12(7-9-13)19-20-15-10-16(23(20)32-17-11-18(29)33-24(17)19)22-21(15)25(30)28(26(22)31)14-4-2-1-3-5-14;26-12-8-6-11(7-9-12)16-17-14-10-15(20(17)32-22-21(16)33-25(31)27-22)19-18(14)23(29)28(24(19)30)13-4-2-1-3-5-13/h1-9,15-16,19-23H,10-11H2;1-9,14-20H,10H2,(H,27,31)/t15-,16-,19-,20-,21+,22-,23-;14-,15-,16-,17-,18+,19-,20-/m10/s1. The third-order valence-electron chi connectivity index (χ3n) is 16.1. The Balaban J connectivity index is 0.000000132. The number of fused-ring (bicyclic) bond motifs is 17. The second kappa shape index (κ2) is 15.2. The summed E-state index contributed by atoms with van der Waals surface area (Å²) in [6.45, 7) is 0. The number of H-pyrrole nitrogens is 1. The first kappa shape index (κ1) is 41.1. The number of aromatic amines is 1. The van der Waals surface area contributed by atoms with Crippen LogP contribution in [0.1, 0.15) is 47.1 Å². The lowest BCUT2D eigenvalue weighted by Crippen LogP contribution is -2.42. The van der Waals surface area contributed by atoms with E-state index in [2.05, 4.69) is 4.98 Å². The molecule has 6 heterocycles. The molecule has 4 aliphatic carbocycles. The van der Waals surface area contributed by atoms with Crippen molar-refractivity contribution in [2.75, 3.05) is 9.80 Å². The van der Waals surface area contributed by atoms with Gasteiger partial charge in [-0.25, -0.2) is 8.78 Å². The zero-order valence-electron chi connectivity index (χ0n) is 34.8. The fourth-order valence-corrected chi connectivity index (χ4v) is 20.0. The number of amides is 4. The van der Waals surface area contributed by atoms with Gasteiger partial charge in [0.25, 0.3) is 0 Å². The number of thiazole rings is 1. The number of nitrogens with zero attached hydrogens (tertiary/aromatic N) is 2. The first-order valence-electron chi connectivity index (χ1n) is 22.4. The van der Waals surface area contributed by atoms with Crippen LogP contribution in [0.25, 0.3) is 0 Å². The Morgan fingerprint density at radius 1 is 0.530 bits per heavy atom. The molecule has 9 nitrogen and oxygen atoms in total. The van der Waals surface area contributed by atoms with E-state index in [1.807, 2.05) is 72.8 Å². The topological polar surface area (TPSA) is 125 Å². The summed E-state index contributed by atoms with van der Waals surface area (Å²) in [7, 11) is 0. The number of anilines is 2. The molecule has 9 aliphatic rings. The quantitative estimate of drug-likeness (QED) is 0.176. The van der Waals surface area contributed by atoms with Crippen LogP contribution in [0.2, 0.25) is 0 Å². The molecule has 1 aromatic heterocycles. The number of nitrogens with one attached hydrogen (secondary N) is 1. The SMILES string of the molecule is O=C1CC2=C(S1)[C@H](c1ccc(F)cc1)[C@H]1[C@H]3C[C@@H]([C@H]1S2)[C@H]1C(=O)N(c2ccccc2)C(=O)[C@@H]31.O=C1[C@@H]2[C@H]3C[C@H]([C@@H]4Sc5[nH]c(=O)sc5[C@@H](c5ccc(F)cc5)[C@H]34)[C@@H]2C(=O)N1c1ccccc1. The van der Waals surface area contributed by atoms with Crippen LogP contribution >= 0.6 is 46.6 Å². The van der Waals surface area contributed by atoms with Crippen LogP contribution in [0.5, 0.6) is 0 Å². The molecule has 332 valence electrons. The molecule has 66 heavy (non-hydrogen) atoms. The number of hydrogen-bond donors (Lipinski definition) is 1. The number of halogens is 2. The van der Waals surface area contributed by atoms with Gasteiger partial charge in [-0.1, -0.05) is 83.8 Å². The Kier molecular flexibility index (Phi) is 9.48. The smallest absolute Gasteiger partial charge is 0.305 e. The summed E-state index contributed by atoms with van der Waals surface area (Å²) < 4.78 is 27.4. The number of thioether (sulfide) groups is 3. The predicted molar refractivity (Wildman–Crippen MR) is 250 cm³/mol. The van der Waals surface area contributed by atoms with Gasteiger partial charge in [-0.05, 0) is 108 Å². The molecule has 1 N–H and O–H groups in total. The Hall–Kier alpha value is -5.09. The van der Waals surface area contributed by atoms with Gasteiger partial charge in [-0.3, -0.25) is 38.6 Å². The number of carbonyl (C=O) groups is 5. The van der Waals surface area contributed by atoms with Gasteiger partial charge in [0.1, 0.15) is 11.6 Å². The van der Waals surface area contributed by atoms with E-state index >= 15 is 0 Å². The number of carbonyl (C=O) groups excluding carboxylic acids is 5. The normalized spacial score (nSPS) is 35.2. The number of benzene rings is 4. The minimum Gasteiger partial charge on any atom is -0.307 e. The minimum absolute atomic E-state index is 0.0204. The van der Waals surface area contributed by atoms with Crippen LogP contribution in [0, 0.1) is 70.8 Å². The molecule has 15 heteroatoms. The van der Waals surface area contributed by atoms with Crippen molar-refractivity contribution in [3.63, 3.8) is 0 Å². The molecule has 4 saturated carbocycles. The molecule has 0 spiro atoms. The van der Waals surface area contributed by atoms with Gasteiger partial charge in [0.15, 0.2) is 5.12 Å². The van der Waals surface area contributed by atoms with E-state index in [0.717, 1.165) is 43.7 Å². The van der Waals surface area contributed by atoms with Crippen molar-refractivity contribution in [1.29, 1.82) is 0 Å². The lowest BCUT2D eigenvalue weighted by molar-refractivity contribution is -0.124. The van der Waals surface area contributed by atoms with Gasteiger partial charge in [0.05, 0.1) is 40.1 Å². The molecule has 2 saturated heterocycles. The summed E-state index contributed by atoms with van der Waals surface area (Å²) in [5.74, 6) is -1.62. The summed E-state index contributed by atoms with van der Waals surface area (Å²) in [6, 6.07) is 31.5. The molecular weight excluding hydrogens is 917 g/mol. The highest BCUT2D eigenvalue weighted by Crippen LogP contribution is 2.71. The number of aromatic nitrogens is 1. The lowest BCUT2D eigenvalue weighted by atomic mass is 9.68. The molecular formula is C51H39F2N3O6S4. The highest BCUT2D eigenvalue weighted by molar-refractivity contribution is 8.18.